The van der Waals surface area contributed by atoms with Gasteiger partial charge in [0, 0.05) is 37.2 Å². The molecule has 1 atom stereocenters. The molecule has 4 rings (SSSR count). The van der Waals surface area contributed by atoms with E-state index in [1.54, 1.807) is 4.80 Å². The SMILES string of the molecule is CC(CCC(=O)NC1CCC(n2nnc(-c3ccccc3)n2)CC1)N1CCOCC1. The van der Waals surface area contributed by atoms with Crippen LogP contribution < -0.4 is 5.32 Å². The van der Waals surface area contributed by atoms with Crippen molar-refractivity contribution in [2.75, 3.05) is 26.3 Å². The maximum atomic E-state index is 12.4. The molecular weight excluding hydrogens is 380 g/mol. The minimum absolute atomic E-state index is 0.170. The highest BCUT2D eigenvalue weighted by Crippen LogP contribution is 2.28. The van der Waals surface area contributed by atoms with Crippen molar-refractivity contribution < 1.29 is 9.53 Å². The molecule has 30 heavy (non-hydrogen) atoms. The fraction of sp³-hybridized carbons (Fsp3) is 0.636. The Labute approximate surface area is 178 Å². The van der Waals surface area contributed by atoms with Crippen LogP contribution in [0, 0.1) is 0 Å². The summed E-state index contributed by atoms with van der Waals surface area (Å²) in [5.74, 6) is 0.837. The average Bonchev–Trinajstić information content (AvgIpc) is 3.29. The Morgan fingerprint density at radius 2 is 1.90 bits per heavy atom. The van der Waals surface area contributed by atoms with Gasteiger partial charge in [-0.25, -0.2) is 0 Å². The molecule has 1 aromatic carbocycles. The summed E-state index contributed by atoms with van der Waals surface area (Å²) in [5, 5.41) is 16.3. The Morgan fingerprint density at radius 3 is 2.63 bits per heavy atom. The Balaban J connectivity index is 1.19. The number of carbonyl (C=O) groups is 1. The third-order valence-electron chi connectivity index (χ3n) is 6.31. The molecule has 8 nitrogen and oxygen atoms in total. The van der Waals surface area contributed by atoms with Gasteiger partial charge in [0.25, 0.3) is 0 Å². The maximum Gasteiger partial charge on any atom is 0.220 e. The highest BCUT2D eigenvalue weighted by molar-refractivity contribution is 5.76. The molecule has 2 aliphatic rings. The van der Waals surface area contributed by atoms with Gasteiger partial charge in [0.1, 0.15) is 0 Å². The number of nitrogens with one attached hydrogen (secondary N) is 1. The van der Waals surface area contributed by atoms with Crippen LogP contribution in [0.4, 0.5) is 0 Å². The number of aromatic nitrogens is 4. The zero-order valence-corrected chi connectivity index (χ0v) is 17.7. The third kappa shape index (κ3) is 5.43. The van der Waals surface area contributed by atoms with Crippen molar-refractivity contribution in [2.24, 2.45) is 0 Å². The average molecular weight is 413 g/mol. The zero-order valence-electron chi connectivity index (χ0n) is 17.7. The van der Waals surface area contributed by atoms with E-state index in [0.29, 0.717) is 18.3 Å². The third-order valence-corrected chi connectivity index (χ3v) is 6.31. The number of tetrazole rings is 1. The molecule has 1 amide bonds. The van der Waals surface area contributed by atoms with Crippen LogP contribution in [0.25, 0.3) is 11.4 Å². The number of benzene rings is 1. The van der Waals surface area contributed by atoms with Gasteiger partial charge in [-0.2, -0.15) is 4.80 Å². The molecule has 1 saturated carbocycles. The molecule has 2 aromatic rings. The quantitative estimate of drug-likeness (QED) is 0.752. The topological polar surface area (TPSA) is 85.2 Å². The van der Waals surface area contributed by atoms with Crippen LogP contribution in [-0.4, -0.2) is 69.4 Å². The van der Waals surface area contributed by atoms with Gasteiger partial charge in [0.05, 0.1) is 19.3 Å². The first-order valence-electron chi connectivity index (χ1n) is 11.1. The Bertz CT molecular complexity index is 797. The molecule has 2 heterocycles. The first-order valence-corrected chi connectivity index (χ1v) is 11.1. The summed E-state index contributed by atoms with van der Waals surface area (Å²) in [7, 11) is 0. The summed E-state index contributed by atoms with van der Waals surface area (Å²) in [6.07, 6.45) is 5.31. The van der Waals surface area contributed by atoms with Crippen LogP contribution in [0.3, 0.4) is 0 Å². The van der Waals surface area contributed by atoms with Gasteiger partial charge in [-0.3, -0.25) is 9.69 Å². The molecule has 1 unspecified atom stereocenters. The Morgan fingerprint density at radius 1 is 1.17 bits per heavy atom. The minimum Gasteiger partial charge on any atom is -0.379 e. The molecule has 8 heteroatoms. The van der Waals surface area contributed by atoms with Crippen LogP contribution in [0.5, 0.6) is 0 Å². The number of hydrogen-bond acceptors (Lipinski definition) is 6. The van der Waals surface area contributed by atoms with Crippen LogP contribution in [0.1, 0.15) is 51.5 Å². The number of hydrogen-bond donors (Lipinski definition) is 1. The maximum absolute atomic E-state index is 12.4. The molecule has 1 N–H and O–H groups in total. The second kappa shape index (κ2) is 10.1. The largest absolute Gasteiger partial charge is 0.379 e. The number of rotatable bonds is 7. The van der Waals surface area contributed by atoms with Crippen molar-refractivity contribution >= 4 is 5.91 Å². The van der Waals surface area contributed by atoms with Crippen molar-refractivity contribution in [3.63, 3.8) is 0 Å². The molecule has 1 aromatic heterocycles. The number of carbonyl (C=O) groups excluding carboxylic acids is 1. The minimum atomic E-state index is 0.170. The summed E-state index contributed by atoms with van der Waals surface area (Å²) in [6.45, 7) is 5.74. The van der Waals surface area contributed by atoms with Gasteiger partial charge in [0.2, 0.25) is 11.7 Å². The van der Waals surface area contributed by atoms with E-state index < -0.39 is 0 Å². The molecule has 0 radical (unpaired) electrons. The molecule has 0 bridgehead atoms. The second-order valence-corrected chi connectivity index (χ2v) is 8.41. The van der Waals surface area contributed by atoms with Crippen LogP contribution in [0.2, 0.25) is 0 Å². The van der Waals surface area contributed by atoms with Crippen molar-refractivity contribution in [1.29, 1.82) is 0 Å². The van der Waals surface area contributed by atoms with E-state index in [2.05, 4.69) is 32.6 Å². The molecule has 1 aliphatic carbocycles. The summed E-state index contributed by atoms with van der Waals surface area (Å²) in [6, 6.07) is 10.9. The van der Waals surface area contributed by atoms with Gasteiger partial charge in [-0.15, -0.1) is 10.2 Å². The number of nitrogens with zero attached hydrogens (tertiary/aromatic N) is 5. The predicted octanol–water partition coefficient (Wildman–Crippen LogP) is 2.44. The first kappa shape index (κ1) is 20.9. The van der Waals surface area contributed by atoms with Crippen molar-refractivity contribution in [1.82, 2.24) is 30.4 Å². The summed E-state index contributed by atoms with van der Waals surface area (Å²) in [4.78, 5) is 16.6. The van der Waals surface area contributed by atoms with Crippen molar-refractivity contribution in [3.8, 4) is 11.4 Å². The Hall–Kier alpha value is -2.32. The summed E-state index contributed by atoms with van der Waals surface area (Å²) in [5.41, 5.74) is 0.982. The predicted molar refractivity (Wildman–Crippen MR) is 114 cm³/mol. The number of amides is 1. The molecule has 1 aliphatic heterocycles. The van der Waals surface area contributed by atoms with Crippen LogP contribution in [-0.2, 0) is 9.53 Å². The molecular formula is C22H32N6O2. The standard InChI is InChI=1S/C22H32N6O2/c1-17(27-13-15-30-16-14-27)7-12-21(29)23-19-8-10-20(11-9-19)28-25-22(24-26-28)18-5-3-2-4-6-18/h2-6,17,19-20H,7-16H2,1H3,(H,23,29). The lowest BCUT2D eigenvalue weighted by atomic mass is 9.91. The van der Waals surface area contributed by atoms with Crippen LogP contribution >= 0.6 is 0 Å². The highest BCUT2D eigenvalue weighted by Gasteiger charge is 2.26. The van der Waals surface area contributed by atoms with E-state index in [9.17, 15) is 4.79 Å². The van der Waals surface area contributed by atoms with Crippen LogP contribution in [0.15, 0.2) is 30.3 Å². The van der Waals surface area contributed by atoms with Crippen molar-refractivity contribution in [2.45, 2.75) is 63.6 Å². The molecule has 1 saturated heterocycles. The lowest BCUT2D eigenvalue weighted by Crippen LogP contribution is -2.43. The van der Waals surface area contributed by atoms with Gasteiger partial charge >= 0.3 is 0 Å². The van der Waals surface area contributed by atoms with Gasteiger partial charge in [-0.1, -0.05) is 30.3 Å². The van der Waals surface area contributed by atoms with Gasteiger partial charge in [-0.05, 0) is 44.2 Å². The fourth-order valence-corrected chi connectivity index (χ4v) is 4.37. The molecule has 2 fully saturated rings. The summed E-state index contributed by atoms with van der Waals surface area (Å²) >= 11 is 0. The van der Waals surface area contributed by atoms with E-state index in [1.165, 1.54) is 0 Å². The van der Waals surface area contributed by atoms with E-state index in [0.717, 1.165) is 64.0 Å². The zero-order chi connectivity index (χ0) is 20.8. The van der Waals surface area contributed by atoms with E-state index in [-0.39, 0.29) is 18.0 Å². The lowest BCUT2D eigenvalue weighted by Gasteiger charge is -2.32. The fourth-order valence-electron chi connectivity index (χ4n) is 4.37. The van der Waals surface area contributed by atoms with Gasteiger partial charge < -0.3 is 10.1 Å². The van der Waals surface area contributed by atoms with Gasteiger partial charge in [0.15, 0.2) is 0 Å². The Kier molecular flexibility index (Phi) is 7.07. The molecule has 162 valence electrons. The first-order chi connectivity index (χ1) is 14.7. The lowest BCUT2D eigenvalue weighted by molar-refractivity contribution is -0.122. The number of morpholine rings is 1. The normalized spacial score (nSPS) is 23.8. The summed E-state index contributed by atoms with van der Waals surface area (Å²) < 4.78 is 5.40. The van der Waals surface area contributed by atoms with E-state index in [1.807, 2.05) is 30.3 Å². The number of ether oxygens (including phenoxy) is 1. The highest BCUT2D eigenvalue weighted by atomic mass is 16.5. The second-order valence-electron chi connectivity index (χ2n) is 8.41. The monoisotopic (exact) mass is 412 g/mol. The van der Waals surface area contributed by atoms with E-state index in [4.69, 9.17) is 4.74 Å². The molecule has 0 spiro atoms. The van der Waals surface area contributed by atoms with E-state index >= 15 is 0 Å². The smallest absolute Gasteiger partial charge is 0.220 e. The van der Waals surface area contributed by atoms with Crippen molar-refractivity contribution in [3.05, 3.63) is 30.3 Å².